The number of nitrogens with zero attached hydrogens (tertiary/aromatic N) is 6. The summed E-state index contributed by atoms with van der Waals surface area (Å²) in [5, 5.41) is 0. The molecule has 0 saturated carbocycles. The zero-order chi connectivity index (χ0) is 24.4. The van der Waals surface area contributed by atoms with Crippen molar-refractivity contribution in [2.24, 2.45) is 0 Å². The van der Waals surface area contributed by atoms with Crippen LogP contribution in [0.3, 0.4) is 0 Å². The van der Waals surface area contributed by atoms with Crippen LogP contribution in [-0.2, 0) is 10.9 Å². The van der Waals surface area contributed by atoms with Gasteiger partial charge in [-0.05, 0) is 24.3 Å². The maximum atomic E-state index is 13.5. The molecule has 5 rings (SSSR count). The SMILES string of the molecule is Nc1cccc(-c2cc(N3CCN(c4ncccc4C(F)(F)F)CC3)nc(N3CCOCC3)n2)c1. The number of halogens is 3. The van der Waals surface area contributed by atoms with Gasteiger partial charge in [0.2, 0.25) is 5.95 Å². The van der Waals surface area contributed by atoms with E-state index in [1.165, 1.54) is 12.3 Å². The molecule has 0 aliphatic carbocycles. The van der Waals surface area contributed by atoms with Gasteiger partial charge in [0.1, 0.15) is 11.6 Å². The lowest BCUT2D eigenvalue weighted by atomic mass is 10.1. The Hall–Kier alpha value is -3.60. The fourth-order valence-electron chi connectivity index (χ4n) is 4.35. The van der Waals surface area contributed by atoms with Crippen molar-refractivity contribution in [1.82, 2.24) is 15.0 Å². The molecule has 0 spiro atoms. The van der Waals surface area contributed by atoms with Crippen molar-refractivity contribution >= 4 is 23.3 Å². The van der Waals surface area contributed by atoms with E-state index in [4.69, 9.17) is 20.4 Å². The van der Waals surface area contributed by atoms with Crippen LogP contribution in [-0.4, -0.2) is 67.4 Å². The number of anilines is 4. The molecule has 2 fully saturated rings. The van der Waals surface area contributed by atoms with Gasteiger partial charge >= 0.3 is 6.18 Å². The van der Waals surface area contributed by atoms with Gasteiger partial charge in [0, 0.05) is 62.8 Å². The zero-order valence-corrected chi connectivity index (χ0v) is 19.1. The van der Waals surface area contributed by atoms with Gasteiger partial charge in [0.25, 0.3) is 0 Å². The van der Waals surface area contributed by atoms with Crippen molar-refractivity contribution in [1.29, 1.82) is 0 Å². The molecule has 11 heteroatoms. The van der Waals surface area contributed by atoms with Crippen LogP contribution in [0.25, 0.3) is 11.3 Å². The zero-order valence-electron chi connectivity index (χ0n) is 19.1. The summed E-state index contributed by atoms with van der Waals surface area (Å²) < 4.78 is 45.9. The molecule has 4 heterocycles. The number of morpholine rings is 1. The molecule has 0 unspecified atom stereocenters. The van der Waals surface area contributed by atoms with Crippen LogP contribution in [0, 0.1) is 0 Å². The predicted molar refractivity (Wildman–Crippen MR) is 129 cm³/mol. The van der Waals surface area contributed by atoms with Crippen molar-refractivity contribution in [3.63, 3.8) is 0 Å². The Kier molecular flexibility index (Phi) is 6.33. The Morgan fingerprint density at radius 3 is 2.29 bits per heavy atom. The summed E-state index contributed by atoms with van der Waals surface area (Å²) in [6.07, 6.45) is -3.05. The van der Waals surface area contributed by atoms with Crippen molar-refractivity contribution < 1.29 is 17.9 Å². The van der Waals surface area contributed by atoms with E-state index in [1.807, 2.05) is 30.3 Å². The van der Waals surface area contributed by atoms with E-state index in [0.717, 1.165) is 23.1 Å². The Bertz CT molecular complexity index is 1180. The van der Waals surface area contributed by atoms with Crippen LogP contribution in [0.1, 0.15) is 5.56 Å². The van der Waals surface area contributed by atoms with Crippen molar-refractivity contribution in [3.8, 4) is 11.3 Å². The van der Waals surface area contributed by atoms with E-state index in [2.05, 4.69) is 14.8 Å². The van der Waals surface area contributed by atoms with E-state index in [-0.39, 0.29) is 5.82 Å². The molecular weight excluding hydrogens is 459 g/mol. The smallest absolute Gasteiger partial charge is 0.399 e. The first kappa shape index (κ1) is 23.2. The summed E-state index contributed by atoms with van der Waals surface area (Å²) in [5.41, 5.74) is 7.55. The molecule has 2 saturated heterocycles. The van der Waals surface area contributed by atoms with Crippen LogP contribution in [0.5, 0.6) is 0 Å². The standard InChI is InChI=1S/C24H26F3N7O/c25-24(26,27)19-5-2-6-29-22(19)33-9-7-32(8-10-33)21-16-20(17-3-1-4-18(28)15-17)30-23(31-21)34-11-13-35-14-12-34/h1-6,15-16H,7-14,28H2. The number of pyridine rings is 1. The molecule has 0 bridgehead atoms. The largest absolute Gasteiger partial charge is 0.419 e. The quantitative estimate of drug-likeness (QED) is 0.564. The number of rotatable bonds is 4. The Balaban J connectivity index is 1.42. The van der Waals surface area contributed by atoms with Gasteiger partial charge in [0.05, 0.1) is 24.5 Å². The van der Waals surface area contributed by atoms with Gasteiger partial charge in [-0.3, -0.25) is 0 Å². The first-order valence-corrected chi connectivity index (χ1v) is 11.5. The molecule has 0 radical (unpaired) electrons. The average Bonchev–Trinajstić information content (AvgIpc) is 2.88. The van der Waals surface area contributed by atoms with Crippen molar-refractivity contribution in [3.05, 3.63) is 54.2 Å². The second-order valence-corrected chi connectivity index (χ2v) is 8.48. The number of alkyl halides is 3. The second-order valence-electron chi connectivity index (χ2n) is 8.48. The molecule has 3 aromatic rings. The Morgan fingerprint density at radius 1 is 0.829 bits per heavy atom. The van der Waals surface area contributed by atoms with Gasteiger partial charge in [-0.1, -0.05) is 12.1 Å². The number of benzene rings is 1. The molecule has 8 nitrogen and oxygen atoms in total. The third-order valence-electron chi connectivity index (χ3n) is 6.17. The fourth-order valence-corrected chi connectivity index (χ4v) is 4.35. The molecule has 2 aliphatic rings. The predicted octanol–water partition coefficient (Wildman–Crippen LogP) is 3.30. The topological polar surface area (TPSA) is 83.6 Å². The number of piperazine rings is 1. The third-order valence-corrected chi connectivity index (χ3v) is 6.17. The van der Waals surface area contributed by atoms with Gasteiger partial charge in [0.15, 0.2) is 0 Å². The summed E-state index contributed by atoms with van der Waals surface area (Å²) in [7, 11) is 0. The monoisotopic (exact) mass is 485 g/mol. The van der Waals surface area contributed by atoms with Gasteiger partial charge in [-0.2, -0.15) is 18.2 Å². The summed E-state index contributed by atoms with van der Waals surface area (Å²) in [5.74, 6) is 1.31. The highest BCUT2D eigenvalue weighted by molar-refractivity contribution is 5.68. The molecular formula is C24H26F3N7O. The van der Waals surface area contributed by atoms with E-state index in [0.29, 0.717) is 64.1 Å². The molecule has 1 aromatic carbocycles. The Morgan fingerprint density at radius 2 is 1.57 bits per heavy atom. The third kappa shape index (κ3) is 5.09. The van der Waals surface area contributed by atoms with Gasteiger partial charge in [-0.25, -0.2) is 9.97 Å². The molecule has 0 amide bonds. The fraction of sp³-hybridized carbons (Fsp3) is 0.375. The van der Waals surface area contributed by atoms with Crippen molar-refractivity contribution in [2.75, 3.05) is 72.9 Å². The molecule has 2 N–H and O–H groups in total. The summed E-state index contributed by atoms with van der Waals surface area (Å²) >= 11 is 0. The minimum Gasteiger partial charge on any atom is -0.399 e. The number of ether oxygens (including phenoxy) is 1. The molecule has 0 atom stereocenters. The number of nitrogens with two attached hydrogens (primary N) is 1. The second kappa shape index (κ2) is 9.57. The van der Waals surface area contributed by atoms with Crippen LogP contribution in [0.4, 0.5) is 36.4 Å². The first-order valence-electron chi connectivity index (χ1n) is 11.5. The van der Waals surface area contributed by atoms with Gasteiger partial charge in [-0.15, -0.1) is 0 Å². The number of nitrogen functional groups attached to an aromatic ring is 1. The first-order chi connectivity index (χ1) is 16.9. The lowest BCUT2D eigenvalue weighted by molar-refractivity contribution is -0.137. The van der Waals surface area contributed by atoms with E-state index in [9.17, 15) is 13.2 Å². The molecule has 2 aliphatic heterocycles. The minimum absolute atomic E-state index is 0.0307. The van der Waals surface area contributed by atoms with E-state index >= 15 is 0 Å². The lowest BCUT2D eigenvalue weighted by Crippen LogP contribution is -2.48. The van der Waals surface area contributed by atoms with Crippen LogP contribution >= 0.6 is 0 Å². The number of hydrogen-bond donors (Lipinski definition) is 1. The number of aromatic nitrogens is 3. The molecule has 35 heavy (non-hydrogen) atoms. The maximum Gasteiger partial charge on any atom is 0.419 e. The van der Waals surface area contributed by atoms with Crippen LogP contribution in [0.2, 0.25) is 0 Å². The summed E-state index contributed by atoms with van der Waals surface area (Å²) in [6, 6.07) is 11.8. The lowest BCUT2D eigenvalue weighted by Gasteiger charge is -2.37. The Labute approximate surface area is 201 Å². The highest BCUT2D eigenvalue weighted by atomic mass is 19.4. The van der Waals surface area contributed by atoms with Crippen LogP contribution in [0.15, 0.2) is 48.7 Å². The summed E-state index contributed by atoms with van der Waals surface area (Å²) in [4.78, 5) is 19.5. The summed E-state index contributed by atoms with van der Waals surface area (Å²) in [6.45, 7) is 4.38. The normalized spacial score (nSPS) is 17.1. The van der Waals surface area contributed by atoms with E-state index in [1.54, 1.807) is 4.90 Å². The highest BCUT2D eigenvalue weighted by Crippen LogP contribution is 2.36. The van der Waals surface area contributed by atoms with E-state index < -0.39 is 11.7 Å². The molecule has 2 aromatic heterocycles. The minimum atomic E-state index is -4.45. The average molecular weight is 486 g/mol. The maximum absolute atomic E-state index is 13.5. The van der Waals surface area contributed by atoms with Gasteiger partial charge < -0.3 is 25.2 Å². The highest BCUT2D eigenvalue weighted by Gasteiger charge is 2.36. The van der Waals surface area contributed by atoms with Crippen molar-refractivity contribution in [2.45, 2.75) is 6.18 Å². The van der Waals surface area contributed by atoms with Crippen LogP contribution < -0.4 is 20.4 Å². The molecule has 184 valence electrons. The number of hydrogen-bond acceptors (Lipinski definition) is 8.